The second-order valence-electron chi connectivity index (χ2n) is 6.22. The van der Waals surface area contributed by atoms with Crippen LogP contribution in [0.4, 0.5) is 10.8 Å². The molecule has 2 heterocycles. The zero-order valence-electron chi connectivity index (χ0n) is 15.7. The molecular formula is C21H15BrN4O3S. The van der Waals surface area contributed by atoms with E-state index < -0.39 is 0 Å². The van der Waals surface area contributed by atoms with Crippen LogP contribution in [0, 0.1) is 0 Å². The first-order chi connectivity index (χ1) is 14.5. The number of furan rings is 1. The lowest BCUT2D eigenvalue weighted by atomic mass is 10.1. The minimum absolute atomic E-state index is 0.163. The molecule has 0 radical (unpaired) electrons. The number of hydrogen-bond donors (Lipinski definition) is 1. The molecule has 30 heavy (non-hydrogen) atoms. The summed E-state index contributed by atoms with van der Waals surface area (Å²) in [6.45, 7) is 0. The predicted octanol–water partition coefficient (Wildman–Crippen LogP) is 5.09. The smallest absolute Gasteiger partial charge is 0.293 e. The zero-order chi connectivity index (χ0) is 21.1. The molecule has 0 aliphatic heterocycles. The first-order valence-electron chi connectivity index (χ1n) is 8.85. The molecule has 0 unspecified atom stereocenters. The van der Waals surface area contributed by atoms with Gasteiger partial charge in [-0.15, -0.1) is 10.2 Å². The van der Waals surface area contributed by atoms with E-state index in [1.807, 2.05) is 30.3 Å². The van der Waals surface area contributed by atoms with E-state index >= 15 is 0 Å². The number of halogens is 1. The minimum Gasteiger partial charge on any atom is -0.444 e. The van der Waals surface area contributed by atoms with Gasteiger partial charge in [0.2, 0.25) is 5.13 Å². The standard InChI is InChI=1S/C21H15BrN4O3S/c1-26(20(28)16-11-12-17(22)29-16)15-10-6-5-9-14(15)18(27)23-21-25-24-19(30-21)13-7-3-2-4-8-13/h2-12H,1H3,(H,23,25,27). The Balaban J connectivity index is 1.55. The molecule has 0 saturated carbocycles. The van der Waals surface area contributed by atoms with E-state index in [-0.39, 0.29) is 17.6 Å². The topological polar surface area (TPSA) is 88.3 Å². The number of carbonyl (C=O) groups excluding carboxylic acids is 2. The number of para-hydroxylation sites is 1. The van der Waals surface area contributed by atoms with Crippen LogP contribution in [-0.2, 0) is 0 Å². The van der Waals surface area contributed by atoms with Crippen LogP contribution in [0.15, 0.2) is 75.8 Å². The molecule has 0 bridgehead atoms. The number of rotatable bonds is 5. The molecule has 0 atom stereocenters. The van der Waals surface area contributed by atoms with Crippen molar-refractivity contribution in [1.82, 2.24) is 10.2 Å². The van der Waals surface area contributed by atoms with Gasteiger partial charge in [-0.1, -0.05) is 53.8 Å². The molecule has 2 amide bonds. The fraction of sp³-hybridized carbons (Fsp3) is 0.0476. The number of benzene rings is 2. The molecule has 0 saturated heterocycles. The van der Waals surface area contributed by atoms with E-state index in [0.29, 0.717) is 26.1 Å². The summed E-state index contributed by atoms with van der Waals surface area (Å²) >= 11 is 4.46. The SMILES string of the molecule is CN(C(=O)c1ccc(Br)o1)c1ccccc1C(=O)Nc1nnc(-c2ccccc2)s1. The highest BCUT2D eigenvalue weighted by molar-refractivity contribution is 9.10. The van der Waals surface area contributed by atoms with Gasteiger partial charge in [0.15, 0.2) is 10.4 Å². The van der Waals surface area contributed by atoms with Gasteiger partial charge in [-0.2, -0.15) is 0 Å². The van der Waals surface area contributed by atoms with E-state index in [1.165, 1.54) is 16.2 Å². The summed E-state index contributed by atoms with van der Waals surface area (Å²) in [6, 6.07) is 19.6. The van der Waals surface area contributed by atoms with Crippen molar-refractivity contribution in [2.24, 2.45) is 0 Å². The normalized spacial score (nSPS) is 10.6. The Morgan fingerprint density at radius 2 is 1.73 bits per heavy atom. The van der Waals surface area contributed by atoms with Crippen molar-refractivity contribution < 1.29 is 14.0 Å². The van der Waals surface area contributed by atoms with Crippen LogP contribution >= 0.6 is 27.3 Å². The Kier molecular flexibility index (Phi) is 5.73. The molecule has 1 N–H and O–H groups in total. The minimum atomic E-state index is -0.387. The number of nitrogens with zero attached hydrogens (tertiary/aromatic N) is 3. The lowest BCUT2D eigenvalue weighted by Gasteiger charge is -2.19. The summed E-state index contributed by atoms with van der Waals surface area (Å²) in [6.07, 6.45) is 0. The largest absolute Gasteiger partial charge is 0.444 e. The maximum Gasteiger partial charge on any atom is 0.293 e. The van der Waals surface area contributed by atoms with Crippen molar-refractivity contribution >= 4 is 49.9 Å². The predicted molar refractivity (Wildman–Crippen MR) is 119 cm³/mol. The second kappa shape index (κ2) is 8.60. The quantitative estimate of drug-likeness (QED) is 0.427. The lowest BCUT2D eigenvalue weighted by Crippen LogP contribution is -2.28. The van der Waals surface area contributed by atoms with Gasteiger partial charge in [-0.3, -0.25) is 14.9 Å². The Morgan fingerprint density at radius 3 is 2.47 bits per heavy atom. The number of aromatic nitrogens is 2. The Hall–Kier alpha value is -3.30. The van der Waals surface area contributed by atoms with Gasteiger partial charge in [0.05, 0.1) is 11.3 Å². The van der Waals surface area contributed by atoms with E-state index in [4.69, 9.17) is 4.42 Å². The highest BCUT2D eigenvalue weighted by Crippen LogP contribution is 2.28. The Morgan fingerprint density at radius 1 is 1.00 bits per heavy atom. The molecule has 4 rings (SSSR count). The third kappa shape index (κ3) is 4.17. The zero-order valence-corrected chi connectivity index (χ0v) is 18.1. The highest BCUT2D eigenvalue weighted by Gasteiger charge is 2.22. The third-order valence-electron chi connectivity index (χ3n) is 4.26. The van der Waals surface area contributed by atoms with Gasteiger partial charge in [0.1, 0.15) is 5.01 Å². The molecule has 0 aliphatic rings. The lowest BCUT2D eigenvalue weighted by molar-refractivity contribution is 0.0965. The van der Waals surface area contributed by atoms with E-state index in [1.54, 1.807) is 43.4 Å². The van der Waals surface area contributed by atoms with Crippen molar-refractivity contribution in [3.05, 3.63) is 82.7 Å². The van der Waals surface area contributed by atoms with Crippen LogP contribution in [0.2, 0.25) is 0 Å². The van der Waals surface area contributed by atoms with E-state index in [0.717, 1.165) is 5.56 Å². The van der Waals surface area contributed by atoms with Crippen molar-refractivity contribution in [1.29, 1.82) is 0 Å². The monoisotopic (exact) mass is 482 g/mol. The van der Waals surface area contributed by atoms with Crippen molar-refractivity contribution in [2.75, 3.05) is 17.3 Å². The first kappa shape index (κ1) is 20.0. The third-order valence-corrected chi connectivity index (χ3v) is 5.58. The highest BCUT2D eigenvalue weighted by atomic mass is 79.9. The fourth-order valence-corrected chi connectivity index (χ4v) is 3.85. The number of amides is 2. The Bertz CT molecular complexity index is 1210. The summed E-state index contributed by atoms with van der Waals surface area (Å²) < 4.78 is 5.79. The van der Waals surface area contributed by atoms with Crippen LogP contribution in [0.25, 0.3) is 10.6 Å². The number of hydrogen-bond acceptors (Lipinski definition) is 6. The average Bonchev–Trinajstić information content (AvgIpc) is 3.42. The van der Waals surface area contributed by atoms with Gasteiger partial charge in [-0.05, 0) is 40.2 Å². The van der Waals surface area contributed by atoms with Crippen molar-refractivity contribution in [3.8, 4) is 10.6 Å². The van der Waals surface area contributed by atoms with Gasteiger partial charge in [-0.25, -0.2) is 0 Å². The molecule has 0 spiro atoms. The van der Waals surface area contributed by atoms with Gasteiger partial charge < -0.3 is 9.32 Å². The number of anilines is 2. The summed E-state index contributed by atoms with van der Waals surface area (Å²) in [5.74, 6) is -0.596. The average molecular weight is 483 g/mol. The van der Waals surface area contributed by atoms with Gasteiger partial charge in [0, 0.05) is 12.6 Å². The summed E-state index contributed by atoms with van der Waals surface area (Å²) in [4.78, 5) is 27.0. The summed E-state index contributed by atoms with van der Waals surface area (Å²) in [5, 5.41) is 12.0. The number of carbonyl (C=O) groups is 2. The molecule has 0 aliphatic carbocycles. The maximum absolute atomic E-state index is 12.9. The van der Waals surface area contributed by atoms with Gasteiger partial charge in [0.25, 0.3) is 11.8 Å². The Labute approximate surface area is 184 Å². The summed E-state index contributed by atoms with van der Waals surface area (Å²) in [7, 11) is 1.59. The first-order valence-corrected chi connectivity index (χ1v) is 10.5. The molecule has 2 aromatic carbocycles. The van der Waals surface area contributed by atoms with E-state index in [9.17, 15) is 9.59 Å². The summed E-state index contributed by atoms with van der Waals surface area (Å²) in [5.41, 5.74) is 1.70. The van der Waals surface area contributed by atoms with Gasteiger partial charge >= 0.3 is 0 Å². The van der Waals surface area contributed by atoms with E-state index in [2.05, 4.69) is 31.4 Å². The molecule has 7 nitrogen and oxygen atoms in total. The van der Waals surface area contributed by atoms with Crippen LogP contribution in [0.1, 0.15) is 20.9 Å². The van der Waals surface area contributed by atoms with Crippen LogP contribution in [0.3, 0.4) is 0 Å². The maximum atomic E-state index is 12.9. The molecule has 9 heteroatoms. The van der Waals surface area contributed by atoms with Crippen LogP contribution in [-0.4, -0.2) is 29.1 Å². The fourth-order valence-electron chi connectivity index (χ4n) is 2.80. The molecule has 2 aromatic heterocycles. The second-order valence-corrected chi connectivity index (χ2v) is 7.98. The molecule has 0 fully saturated rings. The van der Waals surface area contributed by atoms with Crippen LogP contribution in [0.5, 0.6) is 0 Å². The molecule has 150 valence electrons. The number of nitrogens with one attached hydrogen (secondary N) is 1. The van der Waals surface area contributed by atoms with Crippen molar-refractivity contribution in [2.45, 2.75) is 0 Å². The molecule has 4 aromatic rings. The molecular weight excluding hydrogens is 468 g/mol. The van der Waals surface area contributed by atoms with Crippen molar-refractivity contribution in [3.63, 3.8) is 0 Å². The van der Waals surface area contributed by atoms with Crippen LogP contribution < -0.4 is 10.2 Å².